The molecule has 1 aromatic rings. The number of piperidine rings is 1. The summed E-state index contributed by atoms with van der Waals surface area (Å²) in [5.41, 5.74) is 0. The van der Waals surface area contributed by atoms with E-state index in [1.54, 1.807) is 0 Å². The van der Waals surface area contributed by atoms with Gasteiger partial charge in [0.15, 0.2) is 0 Å². The van der Waals surface area contributed by atoms with Crippen molar-refractivity contribution in [3.8, 4) is 0 Å². The smallest absolute Gasteiger partial charge is 0.0701 e. The van der Waals surface area contributed by atoms with Gasteiger partial charge in [-0.1, -0.05) is 6.92 Å². The molecule has 2 rings (SSSR count). The fourth-order valence-corrected chi connectivity index (χ4v) is 4.20. The zero-order chi connectivity index (χ0) is 13.0. The van der Waals surface area contributed by atoms with E-state index in [0.717, 1.165) is 12.5 Å². The van der Waals surface area contributed by atoms with Crippen molar-refractivity contribution < 1.29 is 0 Å². The van der Waals surface area contributed by atoms with Crippen molar-refractivity contribution in [2.45, 2.75) is 32.7 Å². The summed E-state index contributed by atoms with van der Waals surface area (Å²) in [6, 6.07) is 4.96. The average molecular weight is 331 g/mol. The Labute approximate surface area is 123 Å². The number of rotatable bonds is 5. The van der Waals surface area contributed by atoms with Crippen molar-refractivity contribution in [1.29, 1.82) is 0 Å². The first-order valence-corrected chi connectivity index (χ1v) is 8.51. The summed E-state index contributed by atoms with van der Waals surface area (Å²) < 4.78 is 1.24. The maximum Gasteiger partial charge on any atom is 0.0701 e. The van der Waals surface area contributed by atoms with Crippen LogP contribution in [0.3, 0.4) is 0 Å². The van der Waals surface area contributed by atoms with E-state index in [-0.39, 0.29) is 0 Å². The monoisotopic (exact) mass is 330 g/mol. The fraction of sp³-hybridized carbons (Fsp3) is 0.714. The lowest BCUT2D eigenvalue weighted by Gasteiger charge is -2.33. The number of nitrogens with zero attached hydrogens (tertiary/aromatic N) is 1. The molecule has 1 aliphatic heterocycles. The second kappa shape index (κ2) is 7.04. The van der Waals surface area contributed by atoms with Gasteiger partial charge in [0.25, 0.3) is 0 Å². The number of nitrogens with one attached hydrogen (secondary N) is 1. The highest BCUT2D eigenvalue weighted by Crippen LogP contribution is 2.31. The summed E-state index contributed by atoms with van der Waals surface area (Å²) in [4.78, 5) is 4.09. The van der Waals surface area contributed by atoms with Crippen LogP contribution in [0.2, 0.25) is 0 Å². The van der Waals surface area contributed by atoms with E-state index in [2.05, 4.69) is 52.1 Å². The molecule has 0 bridgehead atoms. The van der Waals surface area contributed by atoms with Crippen molar-refractivity contribution in [3.63, 3.8) is 0 Å². The van der Waals surface area contributed by atoms with Crippen molar-refractivity contribution in [2.75, 3.05) is 26.2 Å². The van der Waals surface area contributed by atoms with Gasteiger partial charge in [-0.25, -0.2) is 0 Å². The van der Waals surface area contributed by atoms with Crippen LogP contribution in [0, 0.1) is 5.92 Å². The first kappa shape index (κ1) is 14.5. The van der Waals surface area contributed by atoms with E-state index in [1.807, 2.05) is 11.3 Å². The van der Waals surface area contributed by atoms with Gasteiger partial charge in [-0.15, -0.1) is 11.3 Å². The SMILES string of the molecule is CCN(CC1CCNCC1)C(C)c1ccc(Br)s1. The van der Waals surface area contributed by atoms with E-state index in [9.17, 15) is 0 Å². The molecule has 0 radical (unpaired) electrons. The standard InChI is InChI=1S/C14H23BrN2S/c1-3-17(10-12-6-8-16-9-7-12)11(2)13-4-5-14(15)18-13/h4-5,11-12,16H,3,6-10H2,1-2H3. The highest BCUT2D eigenvalue weighted by atomic mass is 79.9. The zero-order valence-electron chi connectivity index (χ0n) is 11.3. The molecule has 1 fully saturated rings. The summed E-state index contributed by atoms with van der Waals surface area (Å²) in [6.07, 6.45) is 2.66. The van der Waals surface area contributed by atoms with Crippen LogP contribution in [-0.2, 0) is 0 Å². The second-order valence-corrected chi connectivity index (χ2v) is 7.59. The second-order valence-electron chi connectivity index (χ2n) is 5.10. The third kappa shape index (κ3) is 3.80. The van der Waals surface area contributed by atoms with Gasteiger partial charge in [0.05, 0.1) is 3.79 Å². The molecule has 0 amide bonds. The van der Waals surface area contributed by atoms with Gasteiger partial charge in [-0.2, -0.15) is 0 Å². The average Bonchev–Trinajstić information content (AvgIpc) is 2.83. The third-order valence-electron chi connectivity index (χ3n) is 3.91. The Morgan fingerprint density at radius 1 is 1.44 bits per heavy atom. The van der Waals surface area contributed by atoms with Crippen LogP contribution in [0.25, 0.3) is 0 Å². The Kier molecular flexibility index (Phi) is 5.67. The molecule has 18 heavy (non-hydrogen) atoms. The molecule has 1 aliphatic rings. The molecule has 2 heterocycles. The molecule has 1 atom stereocenters. The van der Waals surface area contributed by atoms with Crippen LogP contribution >= 0.6 is 27.3 Å². The van der Waals surface area contributed by atoms with Crippen molar-refractivity contribution >= 4 is 27.3 Å². The van der Waals surface area contributed by atoms with Gasteiger partial charge < -0.3 is 5.32 Å². The predicted octanol–water partition coefficient (Wildman–Crippen LogP) is 3.89. The molecule has 1 unspecified atom stereocenters. The Balaban J connectivity index is 1.94. The quantitative estimate of drug-likeness (QED) is 0.880. The third-order valence-corrected chi connectivity index (χ3v) is 5.71. The number of hydrogen-bond donors (Lipinski definition) is 1. The van der Waals surface area contributed by atoms with Crippen LogP contribution in [0.15, 0.2) is 15.9 Å². The van der Waals surface area contributed by atoms with Gasteiger partial charge in [-0.05, 0) is 73.4 Å². The lowest BCUT2D eigenvalue weighted by molar-refractivity contribution is 0.171. The Hall–Kier alpha value is 0.1000. The normalized spacial score (nSPS) is 19.3. The minimum Gasteiger partial charge on any atom is -0.317 e. The molecular weight excluding hydrogens is 308 g/mol. The molecular formula is C14H23BrN2S. The molecule has 1 aromatic heterocycles. The predicted molar refractivity (Wildman–Crippen MR) is 83.3 cm³/mol. The lowest BCUT2D eigenvalue weighted by Crippen LogP contribution is -2.37. The molecule has 2 nitrogen and oxygen atoms in total. The van der Waals surface area contributed by atoms with E-state index in [1.165, 1.54) is 41.1 Å². The van der Waals surface area contributed by atoms with Crippen molar-refractivity contribution in [2.24, 2.45) is 5.92 Å². The highest BCUT2D eigenvalue weighted by molar-refractivity contribution is 9.11. The summed E-state index contributed by atoms with van der Waals surface area (Å²) in [5, 5.41) is 3.45. The number of halogens is 1. The number of thiophene rings is 1. The van der Waals surface area contributed by atoms with Crippen LogP contribution < -0.4 is 5.32 Å². The maximum absolute atomic E-state index is 3.56. The minimum atomic E-state index is 0.543. The topological polar surface area (TPSA) is 15.3 Å². The molecule has 4 heteroatoms. The Morgan fingerprint density at radius 3 is 2.72 bits per heavy atom. The summed E-state index contributed by atoms with van der Waals surface area (Å²) in [6.45, 7) is 9.39. The van der Waals surface area contributed by atoms with Crippen LogP contribution in [0.5, 0.6) is 0 Å². The first-order chi connectivity index (χ1) is 8.70. The molecule has 0 spiro atoms. The van der Waals surface area contributed by atoms with Gasteiger partial charge in [-0.3, -0.25) is 4.90 Å². The van der Waals surface area contributed by atoms with Crippen LogP contribution in [0.4, 0.5) is 0 Å². The van der Waals surface area contributed by atoms with Gasteiger partial charge in [0.2, 0.25) is 0 Å². The van der Waals surface area contributed by atoms with Crippen molar-refractivity contribution in [1.82, 2.24) is 10.2 Å². The molecule has 0 aromatic carbocycles. The van der Waals surface area contributed by atoms with E-state index < -0.39 is 0 Å². The van der Waals surface area contributed by atoms with Crippen LogP contribution in [0.1, 0.15) is 37.6 Å². The number of hydrogen-bond acceptors (Lipinski definition) is 3. The van der Waals surface area contributed by atoms with Crippen LogP contribution in [-0.4, -0.2) is 31.1 Å². The highest BCUT2D eigenvalue weighted by Gasteiger charge is 2.21. The van der Waals surface area contributed by atoms with Gasteiger partial charge in [0, 0.05) is 17.5 Å². The Bertz CT molecular complexity index is 360. The largest absolute Gasteiger partial charge is 0.317 e. The van der Waals surface area contributed by atoms with E-state index in [4.69, 9.17) is 0 Å². The molecule has 1 saturated heterocycles. The summed E-state index contributed by atoms with van der Waals surface area (Å²) >= 11 is 5.43. The van der Waals surface area contributed by atoms with Gasteiger partial charge in [0.1, 0.15) is 0 Å². The minimum absolute atomic E-state index is 0.543. The molecule has 0 aliphatic carbocycles. The summed E-state index contributed by atoms with van der Waals surface area (Å²) in [7, 11) is 0. The molecule has 0 saturated carbocycles. The van der Waals surface area contributed by atoms with Gasteiger partial charge >= 0.3 is 0 Å². The first-order valence-electron chi connectivity index (χ1n) is 6.90. The van der Waals surface area contributed by atoms with Crippen molar-refractivity contribution in [3.05, 3.63) is 20.8 Å². The zero-order valence-corrected chi connectivity index (χ0v) is 13.7. The lowest BCUT2D eigenvalue weighted by atomic mass is 9.97. The molecule has 102 valence electrons. The van der Waals surface area contributed by atoms with E-state index >= 15 is 0 Å². The molecule has 1 N–H and O–H groups in total. The fourth-order valence-electron chi connectivity index (χ4n) is 2.69. The maximum atomic E-state index is 3.56. The van der Waals surface area contributed by atoms with E-state index in [0.29, 0.717) is 6.04 Å². The summed E-state index contributed by atoms with van der Waals surface area (Å²) in [5.74, 6) is 0.872. The Morgan fingerprint density at radius 2 is 2.17 bits per heavy atom.